The number of pyridine rings is 1. The summed E-state index contributed by atoms with van der Waals surface area (Å²) in [5.74, 6) is 0.437. The Bertz CT molecular complexity index is 381. The Labute approximate surface area is 108 Å². The van der Waals surface area contributed by atoms with Crippen LogP contribution in [0.2, 0.25) is 0 Å². The monoisotopic (exact) mass is 248 g/mol. The van der Waals surface area contributed by atoms with Gasteiger partial charge in [0.05, 0.1) is 6.10 Å². The van der Waals surface area contributed by atoms with Crippen LogP contribution in [0.3, 0.4) is 0 Å². The molecule has 0 saturated heterocycles. The molecule has 1 amide bonds. The SMILES string of the molecule is CO[C@H]1CCC[C@H](CNC(=O)c2ccccn2)C1. The quantitative estimate of drug-likeness (QED) is 0.887. The third kappa shape index (κ3) is 3.53. The van der Waals surface area contributed by atoms with E-state index in [9.17, 15) is 4.79 Å². The molecule has 0 aliphatic heterocycles. The summed E-state index contributed by atoms with van der Waals surface area (Å²) in [6.45, 7) is 0.718. The van der Waals surface area contributed by atoms with E-state index in [1.54, 1.807) is 25.4 Å². The molecule has 4 nitrogen and oxygen atoms in total. The molecular formula is C14H20N2O2. The van der Waals surface area contributed by atoms with Gasteiger partial charge in [-0.05, 0) is 37.3 Å². The number of carbonyl (C=O) groups excluding carboxylic acids is 1. The van der Waals surface area contributed by atoms with Crippen molar-refractivity contribution in [2.45, 2.75) is 31.8 Å². The van der Waals surface area contributed by atoms with Gasteiger partial charge in [-0.1, -0.05) is 12.5 Å². The zero-order valence-electron chi connectivity index (χ0n) is 10.8. The Balaban J connectivity index is 1.79. The highest BCUT2D eigenvalue weighted by Gasteiger charge is 2.22. The van der Waals surface area contributed by atoms with E-state index in [1.807, 2.05) is 6.07 Å². The summed E-state index contributed by atoms with van der Waals surface area (Å²) in [5, 5.41) is 2.96. The molecular weight excluding hydrogens is 228 g/mol. The van der Waals surface area contributed by atoms with E-state index < -0.39 is 0 Å². The van der Waals surface area contributed by atoms with E-state index >= 15 is 0 Å². The van der Waals surface area contributed by atoms with Gasteiger partial charge >= 0.3 is 0 Å². The summed E-state index contributed by atoms with van der Waals surface area (Å²) < 4.78 is 5.39. The molecule has 0 bridgehead atoms. The minimum atomic E-state index is -0.0878. The summed E-state index contributed by atoms with van der Waals surface area (Å²) in [4.78, 5) is 15.9. The van der Waals surface area contributed by atoms with E-state index in [4.69, 9.17) is 4.74 Å². The normalized spacial score (nSPS) is 23.6. The number of nitrogens with one attached hydrogen (secondary N) is 1. The van der Waals surface area contributed by atoms with Crippen molar-refractivity contribution in [3.63, 3.8) is 0 Å². The highest BCUT2D eigenvalue weighted by Crippen LogP contribution is 2.25. The van der Waals surface area contributed by atoms with Crippen LogP contribution < -0.4 is 5.32 Å². The van der Waals surface area contributed by atoms with Crippen molar-refractivity contribution in [3.8, 4) is 0 Å². The van der Waals surface area contributed by atoms with Crippen LogP contribution in [-0.2, 0) is 4.74 Å². The molecule has 0 spiro atoms. The van der Waals surface area contributed by atoms with Crippen LogP contribution in [0.5, 0.6) is 0 Å². The summed E-state index contributed by atoms with van der Waals surface area (Å²) in [6.07, 6.45) is 6.53. The molecule has 1 aliphatic rings. The second-order valence-electron chi connectivity index (χ2n) is 4.82. The molecule has 1 fully saturated rings. The van der Waals surface area contributed by atoms with E-state index in [2.05, 4.69) is 10.3 Å². The largest absolute Gasteiger partial charge is 0.381 e. The summed E-state index contributed by atoms with van der Waals surface area (Å²) in [6, 6.07) is 5.36. The van der Waals surface area contributed by atoms with E-state index in [-0.39, 0.29) is 5.91 Å². The molecule has 0 aromatic carbocycles. The number of rotatable bonds is 4. The molecule has 98 valence electrons. The van der Waals surface area contributed by atoms with E-state index in [0.717, 1.165) is 19.4 Å². The molecule has 0 unspecified atom stereocenters. The molecule has 0 radical (unpaired) electrons. The lowest BCUT2D eigenvalue weighted by atomic mass is 9.87. The van der Waals surface area contributed by atoms with Crippen LogP contribution >= 0.6 is 0 Å². The Morgan fingerprint density at radius 3 is 3.11 bits per heavy atom. The van der Waals surface area contributed by atoms with Crippen LogP contribution in [0.25, 0.3) is 0 Å². The average molecular weight is 248 g/mol. The Morgan fingerprint density at radius 1 is 1.50 bits per heavy atom. The van der Waals surface area contributed by atoms with E-state index in [0.29, 0.717) is 17.7 Å². The molecule has 2 atom stereocenters. The zero-order chi connectivity index (χ0) is 12.8. The highest BCUT2D eigenvalue weighted by molar-refractivity contribution is 5.92. The first kappa shape index (κ1) is 13.0. The van der Waals surface area contributed by atoms with Crippen molar-refractivity contribution in [1.29, 1.82) is 0 Å². The molecule has 2 rings (SSSR count). The van der Waals surface area contributed by atoms with Crippen molar-refractivity contribution < 1.29 is 9.53 Å². The molecule has 1 saturated carbocycles. The molecule has 1 N–H and O–H groups in total. The number of amides is 1. The van der Waals surface area contributed by atoms with Gasteiger partial charge in [0.2, 0.25) is 0 Å². The molecule has 1 aliphatic carbocycles. The van der Waals surface area contributed by atoms with Crippen molar-refractivity contribution in [3.05, 3.63) is 30.1 Å². The highest BCUT2D eigenvalue weighted by atomic mass is 16.5. The number of nitrogens with zero attached hydrogens (tertiary/aromatic N) is 1. The standard InChI is InChI=1S/C14H20N2O2/c1-18-12-6-4-5-11(9-12)10-16-14(17)13-7-2-3-8-15-13/h2-3,7-8,11-12H,4-6,9-10H2,1H3,(H,16,17)/t11-,12-/m0/s1. The second kappa shape index (κ2) is 6.50. The van der Waals surface area contributed by atoms with Gasteiger partial charge in [-0.3, -0.25) is 9.78 Å². The average Bonchev–Trinajstić information content (AvgIpc) is 2.46. The topological polar surface area (TPSA) is 51.2 Å². The number of hydrogen-bond acceptors (Lipinski definition) is 3. The number of methoxy groups -OCH3 is 1. The van der Waals surface area contributed by atoms with Crippen molar-refractivity contribution >= 4 is 5.91 Å². The van der Waals surface area contributed by atoms with Gasteiger partial charge < -0.3 is 10.1 Å². The summed E-state index contributed by atoms with van der Waals surface area (Å²) in [5.41, 5.74) is 0.483. The lowest BCUT2D eigenvalue weighted by Gasteiger charge is -2.28. The maximum Gasteiger partial charge on any atom is 0.269 e. The third-order valence-electron chi connectivity index (χ3n) is 3.52. The number of ether oxygens (including phenoxy) is 1. The van der Waals surface area contributed by atoms with Crippen molar-refractivity contribution in [2.24, 2.45) is 5.92 Å². The van der Waals surface area contributed by atoms with Crippen LogP contribution in [0.1, 0.15) is 36.2 Å². The first-order valence-electron chi connectivity index (χ1n) is 6.51. The molecule has 18 heavy (non-hydrogen) atoms. The molecule has 1 aromatic rings. The Morgan fingerprint density at radius 2 is 2.39 bits per heavy atom. The molecule has 1 heterocycles. The lowest BCUT2D eigenvalue weighted by molar-refractivity contribution is 0.0500. The summed E-state index contributed by atoms with van der Waals surface area (Å²) >= 11 is 0. The fourth-order valence-electron chi connectivity index (χ4n) is 2.47. The first-order chi connectivity index (χ1) is 8.79. The molecule has 1 aromatic heterocycles. The number of carbonyl (C=O) groups is 1. The van der Waals surface area contributed by atoms with Crippen LogP contribution in [0.4, 0.5) is 0 Å². The van der Waals surface area contributed by atoms with Gasteiger partial charge in [-0.2, -0.15) is 0 Å². The van der Waals surface area contributed by atoms with Gasteiger partial charge in [0.15, 0.2) is 0 Å². The smallest absolute Gasteiger partial charge is 0.269 e. The van der Waals surface area contributed by atoms with Gasteiger partial charge in [0, 0.05) is 19.9 Å². The van der Waals surface area contributed by atoms with Crippen LogP contribution in [0.15, 0.2) is 24.4 Å². The predicted molar refractivity (Wildman–Crippen MR) is 69.3 cm³/mol. The fraction of sp³-hybridized carbons (Fsp3) is 0.571. The second-order valence-corrected chi connectivity index (χ2v) is 4.82. The maximum atomic E-state index is 11.8. The number of hydrogen-bond donors (Lipinski definition) is 1. The minimum absolute atomic E-state index is 0.0878. The minimum Gasteiger partial charge on any atom is -0.381 e. The van der Waals surface area contributed by atoms with Crippen molar-refractivity contribution in [2.75, 3.05) is 13.7 Å². The van der Waals surface area contributed by atoms with Gasteiger partial charge in [0.25, 0.3) is 5.91 Å². The molecule has 4 heteroatoms. The summed E-state index contributed by atoms with van der Waals surface area (Å²) in [7, 11) is 1.76. The maximum absolute atomic E-state index is 11.8. The Hall–Kier alpha value is -1.42. The Kier molecular flexibility index (Phi) is 4.70. The first-order valence-corrected chi connectivity index (χ1v) is 6.51. The van der Waals surface area contributed by atoms with Crippen LogP contribution in [-0.4, -0.2) is 30.6 Å². The fourth-order valence-corrected chi connectivity index (χ4v) is 2.47. The van der Waals surface area contributed by atoms with Crippen LogP contribution in [0, 0.1) is 5.92 Å². The zero-order valence-corrected chi connectivity index (χ0v) is 10.8. The third-order valence-corrected chi connectivity index (χ3v) is 3.52. The van der Waals surface area contributed by atoms with Gasteiger partial charge in [-0.25, -0.2) is 0 Å². The lowest BCUT2D eigenvalue weighted by Crippen LogP contribution is -2.33. The van der Waals surface area contributed by atoms with Gasteiger partial charge in [-0.15, -0.1) is 0 Å². The number of aromatic nitrogens is 1. The predicted octanol–water partition coefficient (Wildman–Crippen LogP) is 2.02. The van der Waals surface area contributed by atoms with Crippen molar-refractivity contribution in [1.82, 2.24) is 10.3 Å². The van der Waals surface area contributed by atoms with Gasteiger partial charge in [0.1, 0.15) is 5.69 Å². The van der Waals surface area contributed by atoms with E-state index in [1.165, 1.54) is 12.8 Å².